The molecule has 4 nitrogen and oxygen atoms in total. The van der Waals surface area contributed by atoms with Gasteiger partial charge in [0.1, 0.15) is 0 Å². The summed E-state index contributed by atoms with van der Waals surface area (Å²) in [5.41, 5.74) is 8.37. The topological polar surface area (TPSA) is 62.4 Å². The monoisotopic (exact) mass is 325 g/mol. The summed E-state index contributed by atoms with van der Waals surface area (Å²) >= 11 is 0. The Balaban J connectivity index is 2.03. The Kier molecular flexibility index (Phi) is 5.48. The average molecular weight is 325 g/mol. The SMILES string of the molecule is C=Cc1cncc2cccc(N(CCCO)C3CCC(N)CC3)c12. The minimum absolute atomic E-state index is 0.212. The van der Waals surface area contributed by atoms with Crippen LogP contribution >= 0.6 is 0 Å². The van der Waals surface area contributed by atoms with Gasteiger partial charge in [-0.2, -0.15) is 0 Å². The summed E-state index contributed by atoms with van der Waals surface area (Å²) in [5, 5.41) is 11.7. The summed E-state index contributed by atoms with van der Waals surface area (Å²) in [4.78, 5) is 6.79. The summed E-state index contributed by atoms with van der Waals surface area (Å²) in [5.74, 6) is 0. The van der Waals surface area contributed by atoms with Crippen molar-refractivity contribution < 1.29 is 5.11 Å². The number of benzene rings is 1. The van der Waals surface area contributed by atoms with E-state index < -0.39 is 0 Å². The largest absolute Gasteiger partial charge is 0.396 e. The summed E-state index contributed by atoms with van der Waals surface area (Å²) in [6.45, 7) is 5.02. The zero-order chi connectivity index (χ0) is 16.9. The van der Waals surface area contributed by atoms with E-state index in [4.69, 9.17) is 5.73 Å². The number of hydrogen-bond donors (Lipinski definition) is 2. The lowest BCUT2D eigenvalue weighted by molar-refractivity contribution is 0.284. The van der Waals surface area contributed by atoms with Gasteiger partial charge in [-0.1, -0.05) is 24.8 Å². The fourth-order valence-corrected chi connectivity index (χ4v) is 3.79. The Morgan fingerprint density at radius 2 is 2.04 bits per heavy atom. The fourth-order valence-electron chi connectivity index (χ4n) is 3.79. The van der Waals surface area contributed by atoms with Gasteiger partial charge in [-0.15, -0.1) is 0 Å². The number of aromatic nitrogens is 1. The fraction of sp³-hybridized carbons (Fsp3) is 0.450. The number of pyridine rings is 1. The predicted octanol–water partition coefficient (Wildman–Crippen LogP) is 3.34. The second-order valence-electron chi connectivity index (χ2n) is 6.65. The number of aliphatic hydroxyl groups excluding tert-OH is 1. The van der Waals surface area contributed by atoms with Crippen molar-refractivity contribution in [3.8, 4) is 0 Å². The van der Waals surface area contributed by atoms with E-state index in [9.17, 15) is 5.11 Å². The van der Waals surface area contributed by atoms with E-state index in [1.54, 1.807) is 0 Å². The normalized spacial score (nSPS) is 20.9. The molecule has 0 bridgehead atoms. The Bertz CT molecular complexity index is 687. The quantitative estimate of drug-likeness (QED) is 0.855. The highest BCUT2D eigenvalue weighted by atomic mass is 16.3. The van der Waals surface area contributed by atoms with Crippen LogP contribution in [0.25, 0.3) is 16.8 Å². The van der Waals surface area contributed by atoms with Gasteiger partial charge in [-0.05, 0) is 38.2 Å². The van der Waals surface area contributed by atoms with Crippen LogP contribution in [0.5, 0.6) is 0 Å². The van der Waals surface area contributed by atoms with Crippen molar-refractivity contribution in [1.82, 2.24) is 4.98 Å². The lowest BCUT2D eigenvalue weighted by Gasteiger charge is -2.38. The molecule has 0 spiro atoms. The van der Waals surface area contributed by atoms with Crippen molar-refractivity contribution in [1.29, 1.82) is 0 Å². The maximum atomic E-state index is 9.34. The lowest BCUT2D eigenvalue weighted by atomic mass is 9.89. The van der Waals surface area contributed by atoms with Crippen LogP contribution in [0, 0.1) is 0 Å². The third-order valence-electron chi connectivity index (χ3n) is 5.06. The number of anilines is 1. The van der Waals surface area contributed by atoms with Crippen molar-refractivity contribution in [3.05, 3.63) is 42.7 Å². The molecule has 1 aromatic carbocycles. The van der Waals surface area contributed by atoms with E-state index in [1.165, 1.54) is 11.1 Å². The van der Waals surface area contributed by atoms with Crippen LogP contribution in [0.15, 0.2) is 37.2 Å². The zero-order valence-electron chi connectivity index (χ0n) is 14.2. The molecular formula is C20H27N3O. The zero-order valence-corrected chi connectivity index (χ0v) is 14.2. The number of aliphatic hydroxyl groups is 1. The highest BCUT2D eigenvalue weighted by molar-refractivity contribution is 5.99. The highest BCUT2D eigenvalue weighted by Gasteiger charge is 2.25. The van der Waals surface area contributed by atoms with E-state index in [1.807, 2.05) is 18.5 Å². The van der Waals surface area contributed by atoms with E-state index in [0.717, 1.165) is 49.6 Å². The van der Waals surface area contributed by atoms with Gasteiger partial charge >= 0.3 is 0 Å². The second kappa shape index (κ2) is 7.77. The Morgan fingerprint density at radius 3 is 2.75 bits per heavy atom. The van der Waals surface area contributed by atoms with Gasteiger partial charge in [0.15, 0.2) is 0 Å². The number of hydrogen-bond acceptors (Lipinski definition) is 4. The maximum Gasteiger partial charge on any atom is 0.0455 e. The molecule has 0 unspecified atom stereocenters. The first-order valence-electron chi connectivity index (χ1n) is 8.87. The molecule has 2 aromatic rings. The summed E-state index contributed by atoms with van der Waals surface area (Å²) in [6.07, 6.45) is 10.8. The Hall–Kier alpha value is -1.91. The van der Waals surface area contributed by atoms with Crippen molar-refractivity contribution in [3.63, 3.8) is 0 Å². The molecule has 0 saturated heterocycles. The minimum Gasteiger partial charge on any atom is -0.396 e. The van der Waals surface area contributed by atoms with Crippen LogP contribution in [0.3, 0.4) is 0 Å². The highest BCUT2D eigenvalue weighted by Crippen LogP contribution is 2.34. The molecule has 1 fully saturated rings. The van der Waals surface area contributed by atoms with Crippen LogP contribution in [0.4, 0.5) is 5.69 Å². The summed E-state index contributed by atoms with van der Waals surface area (Å²) in [7, 11) is 0. The first-order valence-corrected chi connectivity index (χ1v) is 8.87. The standard InChI is InChI=1S/C20H27N3O/c1-2-15-13-22-14-16-5-3-6-19(20(15)16)23(11-4-12-24)18-9-7-17(21)8-10-18/h2-3,5-6,13-14,17-18,24H,1,4,7-12,21H2. The van der Waals surface area contributed by atoms with E-state index >= 15 is 0 Å². The second-order valence-corrected chi connectivity index (χ2v) is 6.65. The first kappa shape index (κ1) is 16.9. The van der Waals surface area contributed by atoms with Crippen molar-refractivity contribution in [2.24, 2.45) is 5.73 Å². The molecule has 1 aliphatic carbocycles. The van der Waals surface area contributed by atoms with E-state index in [2.05, 4.69) is 34.7 Å². The molecule has 1 heterocycles. The maximum absolute atomic E-state index is 9.34. The third kappa shape index (κ3) is 3.45. The van der Waals surface area contributed by atoms with Crippen LogP contribution in [-0.4, -0.2) is 35.3 Å². The molecule has 3 N–H and O–H groups in total. The third-order valence-corrected chi connectivity index (χ3v) is 5.06. The molecule has 0 aliphatic heterocycles. The summed E-state index contributed by atoms with van der Waals surface area (Å²) in [6, 6.07) is 7.18. The van der Waals surface area contributed by atoms with Gasteiger partial charge in [0.25, 0.3) is 0 Å². The average Bonchev–Trinajstić information content (AvgIpc) is 2.63. The summed E-state index contributed by atoms with van der Waals surface area (Å²) < 4.78 is 0. The van der Waals surface area contributed by atoms with Crippen molar-refractivity contribution in [2.75, 3.05) is 18.1 Å². The predicted molar refractivity (Wildman–Crippen MR) is 101 cm³/mol. The molecule has 1 aromatic heterocycles. The molecule has 3 rings (SSSR count). The lowest BCUT2D eigenvalue weighted by Crippen LogP contribution is -2.42. The van der Waals surface area contributed by atoms with Crippen LogP contribution < -0.4 is 10.6 Å². The number of fused-ring (bicyclic) bond motifs is 1. The molecule has 0 amide bonds. The molecular weight excluding hydrogens is 298 g/mol. The Morgan fingerprint density at radius 1 is 1.25 bits per heavy atom. The molecule has 24 heavy (non-hydrogen) atoms. The molecule has 0 atom stereocenters. The number of nitrogens with zero attached hydrogens (tertiary/aromatic N) is 2. The van der Waals surface area contributed by atoms with Crippen molar-refractivity contribution in [2.45, 2.75) is 44.2 Å². The van der Waals surface area contributed by atoms with Crippen LogP contribution in [-0.2, 0) is 0 Å². The molecule has 4 heteroatoms. The van der Waals surface area contributed by atoms with Gasteiger partial charge in [-0.25, -0.2) is 0 Å². The van der Waals surface area contributed by atoms with Crippen LogP contribution in [0.2, 0.25) is 0 Å². The molecule has 0 radical (unpaired) electrons. The van der Waals surface area contributed by atoms with Gasteiger partial charge in [0, 0.05) is 59.7 Å². The Labute approximate surface area is 144 Å². The van der Waals surface area contributed by atoms with Gasteiger partial charge in [0.05, 0.1) is 0 Å². The molecule has 1 saturated carbocycles. The molecule has 1 aliphatic rings. The van der Waals surface area contributed by atoms with Gasteiger partial charge < -0.3 is 15.7 Å². The molecule has 128 valence electrons. The van der Waals surface area contributed by atoms with E-state index in [-0.39, 0.29) is 6.61 Å². The van der Waals surface area contributed by atoms with Gasteiger partial charge in [0.2, 0.25) is 0 Å². The van der Waals surface area contributed by atoms with Crippen LogP contribution in [0.1, 0.15) is 37.7 Å². The number of rotatable bonds is 6. The minimum atomic E-state index is 0.212. The number of nitrogens with two attached hydrogens (primary N) is 1. The van der Waals surface area contributed by atoms with E-state index in [0.29, 0.717) is 12.1 Å². The van der Waals surface area contributed by atoms with Gasteiger partial charge in [-0.3, -0.25) is 4.98 Å². The smallest absolute Gasteiger partial charge is 0.0455 e. The van der Waals surface area contributed by atoms with Crippen molar-refractivity contribution >= 4 is 22.5 Å². The first-order chi connectivity index (χ1) is 11.7.